The molecular weight excluding hydrogens is 324 g/mol. The van der Waals surface area contributed by atoms with E-state index in [0.717, 1.165) is 16.9 Å². The first-order valence-corrected chi connectivity index (χ1v) is 8.08. The highest BCUT2D eigenvalue weighted by Gasteiger charge is 2.11. The Kier molecular flexibility index (Phi) is 5.40. The number of rotatable bonds is 7. The summed E-state index contributed by atoms with van der Waals surface area (Å²) in [6.45, 7) is 0.535. The van der Waals surface area contributed by atoms with Gasteiger partial charge in [-0.1, -0.05) is 42.5 Å². The highest BCUT2D eigenvalue weighted by Crippen LogP contribution is 2.16. The second kappa shape index (κ2) is 7.90. The zero-order valence-corrected chi connectivity index (χ0v) is 13.8. The number of nitrogens with one attached hydrogen (secondary N) is 1. The highest BCUT2D eigenvalue weighted by molar-refractivity contribution is 7.71. The molecule has 2 aromatic carbocycles. The molecule has 0 radical (unpaired) electrons. The molecule has 0 amide bonds. The molecule has 0 saturated heterocycles. The van der Waals surface area contributed by atoms with Crippen molar-refractivity contribution >= 4 is 12.2 Å². The van der Waals surface area contributed by atoms with E-state index in [4.69, 9.17) is 21.4 Å². The summed E-state index contributed by atoms with van der Waals surface area (Å²) in [5.74, 6) is 1.21. The van der Waals surface area contributed by atoms with E-state index in [1.807, 2.05) is 54.6 Å². The van der Waals surface area contributed by atoms with Crippen molar-refractivity contribution in [3.05, 3.63) is 76.5 Å². The van der Waals surface area contributed by atoms with Crippen LogP contribution < -0.4 is 4.74 Å². The Labute approximate surface area is 144 Å². The lowest BCUT2D eigenvalue weighted by Gasteiger charge is -2.10. The van der Waals surface area contributed by atoms with Crippen LogP contribution in [0, 0.1) is 4.84 Å². The number of ether oxygens (including phenoxy) is 1. The number of nitrogens with zero attached hydrogens (tertiary/aromatic N) is 1. The Hall–Kier alpha value is -2.44. The van der Waals surface area contributed by atoms with Crippen molar-refractivity contribution < 1.29 is 14.3 Å². The largest absolute Gasteiger partial charge is 0.489 e. The van der Waals surface area contributed by atoms with Gasteiger partial charge < -0.3 is 14.3 Å². The third-order valence-corrected chi connectivity index (χ3v) is 3.71. The van der Waals surface area contributed by atoms with Crippen LogP contribution in [-0.2, 0) is 19.4 Å². The zero-order chi connectivity index (χ0) is 16.8. The summed E-state index contributed by atoms with van der Waals surface area (Å²) >= 11 is 4.81. The predicted molar refractivity (Wildman–Crippen MR) is 92.3 cm³/mol. The van der Waals surface area contributed by atoms with Crippen LogP contribution in [0.5, 0.6) is 5.75 Å². The molecule has 0 saturated carbocycles. The molecule has 1 atom stereocenters. The third kappa shape index (κ3) is 4.78. The monoisotopic (exact) mass is 342 g/mol. The quantitative estimate of drug-likeness (QED) is 0.644. The minimum absolute atomic E-state index is 0.220. The maximum absolute atomic E-state index is 10.1. The van der Waals surface area contributed by atoms with Gasteiger partial charge in [0.05, 0.1) is 12.5 Å². The number of benzene rings is 2. The topological polar surface area (TPSA) is 71.3 Å². The molecule has 5 nitrogen and oxygen atoms in total. The first kappa shape index (κ1) is 16.4. The summed E-state index contributed by atoms with van der Waals surface area (Å²) < 4.78 is 10.9. The van der Waals surface area contributed by atoms with Crippen molar-refractivity contribution in [3.8, 4) is 5.75 Å². The summed E-state index contributed by atoms with van der Waals surface area (Å²) in [5.41, 5.74) is 2.14. The molecule has 0 spiro atoms. The lowest BCUT2D eigenvalue weighted by molar-refractivity contribution is 0.165. The Morgan fingerprint density at radius 3 is 2.46 bits per heavy atom. The Bertz CT molecular complexity index is 812. The standard InChI is InChI=1S/C18H18N2O3S/c21-15(11-17-19-20-18(24)23-17)10-13-6-8-16(9-7-13)22-12-14-4-2-1-3-5-14/h1-9,15,21H,10-12H2,(H,20,24). The van der Waals surface area contributed by atoms with Crippen LogP contribution in [-0.4, -0.2) is 21.4 Å². The van der Waals surface area contributed by atoms with Gasteiger partial charge in [0.2, 0.25) is 5.89 Å². The molecule has 0 aliphatic heterocycles. The van der Waals surface area contributed by atoms with E-state index < -0.39 is 6.10 Å². The fraction of sp³-hybridized carbons (Fsp3) is 0.222. The van der Waals surface area contributed by atoms with Gasteiger partial charge in [-0.25, -0.2) is 5.10 Å². The van der Waals surface area contributed by atoms with Crippen LogP contribution >= 0.6 is 12.2 Å². The number of aromatic nitrogens is 2. The minimum atomic E-state index is -0.581. The minimum Gasteiger partial charge on any atom is -0.489 e. The average molecular weight is 342 g/mol. The summed E-state index contributed by atoms with van der Waals surface area (Å²) in [7, 11) is 0. The summed E-state index contributed by atoms with van der Waals surface area (Å²) in [5, 5.41) is 16.5. The Morgan fingerprint density at radius 2 is 1.79 bits per heavy atom. The molecule has 1 aromatic heterocycles. The molecule has 0 aliphatic rings. The van der Waals surface area contributed by atoms with Crippen LogP contribution in [0.3, 0.4) is 0 Å². The number of aliphatic hydroxyl groups is 1. The molecule has 3 aromatic rings. The second-order valence-corrected chi connectivity index (χ2v) is 5.86. The molecule has 2 N–H and O–H groups in total. The third-order valence-electron chi connectivity index (χ3n) is 3.54. The Balaban J connectivity index is 1.51. The maximum atomic E-state index is 10.1. The van der Waals surface area contributed by atoms with E-state index in [9.17, 15) is 5.11 Å². The Morgan fingerprint density at radius 1 is 1.04 bits per heavy atom. The lowest BCUT2D eigenvalue weighted by Crippen LogP contribution is -2.14. The average Bonchev–Trinajstić information content (AvgIpc) is 3.00. The molecule has 0 fully saturated rings. The van der Waals surface area contributed by atoms with E-state index in [1.54, 1.807) is 0 Å². The molecule has 1 unspecified atom stereocenters. The van der Waals surface area contributed by atoms with Gasteiger partial charge in [-0.05, 0) is 41.9 Å². The first-order valence-electron chi connectivity index (χ1n) is 7.67. The van der Waals surface area contributed by atoms with Crippen LogP contribution in [0.2, 0.25) is 0 Å². The molecule has 3 rings (SSSR count). The van der Waals surface area contributed by atoms with Gasteiger partial charge in [0.25, 0.3) is 4.84 Å². The van der Waals surface area contributed by atoms with Crippen LogP contribution in [0.1, 0.15) is 17.0 Å². The van der Waals surface area contributed by atoms with Crippen LogP contribution in [0.4, 0.5) is 0 Å². The molecule has 1 heterocycles. The van der Waals surface area contributed by atoms with Gasteiger partial charge in [0.1, 0.15) is 12.4 Å². The zero-order valence-electron chi connectivity index (χ0n) is 13.0. The van der Waals surface area contributed by atoms with Gasteiger partial charge >= 0.3 is 0 Å². The van der Waals surface area contributed by atoms with Crippen molar-refractivity contribution in [1.29, 1.82) is 0 Å². The maximum Gasteiger partial charge on any atom is 0.284 e. The normalized spacial score (nSPS) is 12.0. The van der Waals surface area contributed by atoms with Crippen molar-refractivity contribution in [2.75, 3.05) is 0 Å². The van der Waals surface area contributed by atoms with E-state index >= 15 is 0 Å². The van der Waals surface area contributed by atoms with E-state index in [2.05, 4.69) is 10.2 Å². The number of aliphatic hydroxyl groups excluding tert-OH is 1. The van der Waals surface area contributed by atoms with Gasteiger partial charge in [0.15, 0.2) is 0 Å². The lowest BCUT2D eigenvalue weighted by atomic mass is 10.1. The van der Waals surface area contributed by atoms with Gasteiger partial charge in [-0.15, -0.1) is 5.10 Å². The van der Waals surface area contributed by atoms with Crippen LogP contribution in [0.25, 0.3) is 0 Å². The van der Waals surface area contributed by atoms with Crippen molar-refractivity contribution in [2.24, 2.45) is 0 Å². The molecule has 0 aliphatic carbocycles. The summed E-state index contributed by atoms with van der Waals surface area (Å²) in [4.78, 5) is 0.220. The number of hydrogen-bond donors (Lipinski definition) is 2. The SMILES string of the molecule is OC(Cc1ccc(OCc2ccccc2)cc1)Cc1n[nH]c(=S)o1. The highest BCUT2D eigenvalue weighted by atomic mass is 32.1. The van der Waals surface area contributed by atoms with Crippen molar-refractivity contribution in [2.45, 2.75) is 25.6 Å². The fourth-order valence-corrected chi connectivity index (χ4v) is 2.50. The second-order valence-electron chi connectivity index (χ2n) is 5.49. The van der Waals surface area contributed by atoms with E-state index in [0.29, 0.717) is 25.3 Å². The fourth-order valence-electron chi connectivity index (χ4n) is 2.36. The molecule has 0 bridgehead atoms. The summed E-state index contributed by atoms with van der Waals surface area (Å²) in [6.07, 6.45) is 0.246. The number of aromatic amines is 1. The van der Waals surface area contributed by atoms with Crippen LogP contribution in [0.15, 0.2) is 59.0 Å². The molecule has 24 heavy (non-hydrogen) atoms. The van der Waals surface area contributed by atoms with Gasteiger partial charge in [-0.2, -0.15) is 0 Å². The van der Waals surface area contributed by atoms with Crippen molar-refractivity contribution in [3.63, 3.8) is 0 Å². The van der Waals surface area contributed by atoms with E-state index in [1.165, 1.54) is 0 Å². The molecule has 124 valence electrons. The molecule has 6 heteroatoms. The smallest absolute Gasteiger partial charge is 0.284 e. The van der Waals surface area contributed by atoms with Crippen molar-refractivity contribution in [1.82, 2.24) is 10.2 Å². The van der Waals surface area contributed by atoms with Gasteiger partial charge in [0, 0.05) is 0 Å². The number of H-pyrrole nitrogens is 1. The number of hydrogen-bond acceptors (Lipinski definition) is 5. The molecular formula is C18H18N2O3S. The first-order chi connectivity index (χ1) is 11.7. The predicted octanol–water partition coefficient (Wildman–Crippen LogP) is 3.46. The summed E-state index contributed by atoms with van der Waals surface area (Å²) in [6, 6.07) is 17.7. The van der Waals surface area contributed by atoms with Gasteiger partial charge in [-0.3, -0.25) is 0 Å². The van der Waals surface area contributed by atoms with E-state index in [-0.39, 0.29) is 4.84 Å².